The van der Waals surface area contributed by atoms with Gasteiger partial charge in [0.2, 0.25) is 0 Å². The number of carbonyl (C=O) groups excluding carboxylic acids is 1. The first-order valence-corrected chi connectivity index (χ1v) is 11.0. The highest BCUT2D eigenvalue weighted by Crippen LogP contribution is 2.25. The maximum Gasteiger partial charge on any atom is 0.256 e. The van der Waals surface area contributed by atoms with E-state index in [0.717, 1.165) is 41.7 Å². The Morgan fingerprint density at radius 1 is 1.33 bits per heavy atom. The molecule has 2 aromatic heterocycles. The number of aromatic nitrogens is 3. The van der Waals surface area contributed by atoms with Crippen LogP contribution in [-0.4, -0.2) is 38.8 Å². The number of anilines is 2. The predicted octanol–water partition coefficient (Wildman–Crippen LogP) is 4.87. The van der Waals surface area contributed by atoms with Crippen LogP contribution in [-0.2, 0) is 6.42 Å². The number of piperidine rings is 1. The first-order valence-electron chi connectivity index (χ1n) is 9.74. The normalized spacial score (nSPS) is 14.7. The highest BCUT2D eigenvalue weighted by molar-refractivity contribution is 7.13. The number of hydrogen-bond donors (Lipinski definition) is 1. The van der Waals surface area contributed by atoms with Crippen LogP contribution in [0.3, 0.4) is 0 Å². The molecule has 6 nitrogen and oxygen atoms in total. The second kappa shape index (κ2) is 9.06. The number of rotatable bonds is 5. The van der Waals surface area contributed by atoms with E-state index in [9.17, 15) is 9.18 Å². The molecular weight excluding hydrogens is 425 g/mol. The molecule has 1 aliphatic rings. The molecule has 4 rings (SSSR count). The molecule has 3 heterocycles. The zero-order valence-corrected chi connectivity index (χ0v) is 18.0. The Bertz CT molecular complexity index is 1040. The third-order valence-corrected chi connectivity index (χ3v) is 6.10. The molecule has 9 heteroatoms. The fourth-order valence-electron chi connectivity index (χ4n) is 3.62. The average Bonchev–Trinajstić information content (AvgIpc) is 3.23. The summed E-state index contributed by atoms with van der Waals surface area (Å²) in [4.78, 5) is 27.8. The standard InChI is InChI=1S/C21H21ClFN5OS/c1-13-11-17(27-21-24-7-10-30-21)26-18(25-13)12-14-5-8-28(9-6-14)20(29)15-3-2-4-16(22)19(15)23/h2-4,7,10-11,14H,5-6,8-9,12H2,1H3,(H,24,25,26,27). The molecule has 156 valence electrons. The Morgan fingerprint density at radius 2 is 2.13 bits per heavy atom. The van der Waals surface area contributed by atoms with E-state index in [1.165, 1.54) is 23.5 Å². The second-order valence-electron chi connectivity index (χ2n) is 7.31. The summed E-state index contributed by atoms with van der Waals surface area (Å²) in [6.45, 7) is 3.09. The van der Waals surface area contributed by atoms with E-state index >= 15 is 0 Å². The quantitative estimate of drug-likeness (QED) is 0.606. The molecule has 1 amide bonds. The van der Waals surface area contributed by atoms with Crippen molar-refractivity contribution >= 4 is 39.8 Å². The molecule has 0 bridgehead atoms. The highest BCUT2D eigenvalue weighted by atomic mass is 35.5. The Hall–Kier alpha value is -2.58. The van der Waals surface area contributed by atoms with Crippen LogP contribution >= 0.6 is 22.9 Å². The number of benzene rings is 1. The van der Waals surface area contributed by atoms with Gasteiger partial charge in [0.15, 0.2) is 10.9 Å². The third-order valence-electron chi connectivity index (χ3n) is 5.12. The Balaban J connectivity index is 1.37. The first kappa shape index (κ1) is 20.7. The van der Waals surface area contributed by atoms with Crippen molar-refractivity contribution in [2.45, 2.75) is 26.2 Å². The molecule has 0 saturated carbocycles. The van der Waals surface area contributed by atoms with E-state index in [4.69, 9.17) is 11.6 Å². The van der Waals surface area contributed by atoms with Crippen molar-refractivity contribution in [2.24, 2.45) is 5.92 Å². The number of carbonyl (C=O) groups is 1. The number of halogens is 2. The minimum absolute atomic E-state index is 0.0286. The number of aryl methyl sites for hydroxylation is 1. The smallest absolute Gasteiger partial charge is 0.256 e. The van der Waals surface area contributed by atoms with E-state index in [0.29, 0.717) is 19.0 Å². The SMILES string of the molecule is Cc1cc(Nc2nccs2)nc(CC2CCN(C(=O)c3cccc(Cl)c3F)CC2)n1. The Labute approximate surface area is 183 Å². The number of likely N-dealkylation sites (tertiary alicyclic amines) is 1. The van der Waals surface area contributed by atoms with Crippen molar-refractivity contribution in [3.63, 3.8) is 0 Å². The molecule has 1 aliphatic heterocycles. The lowest BCUT2D eigenvalue weighted by Crippen LogP contribution is -2.39. The topological polar surface area (TPSA) is 71.0 Å². The Morgan fingerprint density at radius 3 is 2.87 bits per heavy atom. The minimum Gasteiger partial charge on any atom is -0.339 e. The van der Waals surface area contributed by atoms with Gasteiger partial charge in [-0.1, -0.05) is 17.7 Å². The second-order valence-corrected chi connectivity index (χ2v) is 8.62. The zero-order valence-electron chi connectivity index (χ0n) is 16.4. The number of hydrogen-bond acceptors (Lipinski definition) is 6. The molecule has 0 aliphatic carbocycles. The van der Waals surface area contributed by atoms with Gasteiger partial charge in [-0.05, 0) is 37.8 Å². The lowest BCUT2D eigenvalue weighted by Gasteiger charge is -2.32. The van der Waals surface area contributed by atoms with Crippen molar-refractivity contribution in [2.75, 3.05) is 18.4 Å². The van der Waals surface area contributed by atoms with Gasteiger partial charge in [0.25, 0.3) is 5.91 Å². The van der Waals surface area contributed by atoms with Gasteiger partial charge in [0, 0.05) is 42.8 Å². The first-order chi connectivity index (χ1) is 14.5. The molecular formula is C21H21ClFN5OS. The number of amides is 1. The minimum atomic E-state index is -0.653. The van der Waals surface area contributed by atoms with Crippen LogP contribution in [0.15, 0.2) is 35.8 Å². The maximum atomic E-state index is 14.2. The van der Waals surface area contributed by atoms with E-state index in [1.807, 2.05) is 18.4 Å². The van der Waals surface area contributed by atoms with E-state index in [2.05, 4.69) is 20.3 Å². The molecule has 1 fully saturated rings. The fourth-order valence-corrected chi connectivity index (χ4v) is 4.33. The van der Waals surface area contributed by atoms with Crippen molar-refractivity contribution < 1.29 is 9.18 Å². The van der Waals surface area contributed by atoms with Gasteiger partial charge in [0.05, 0.1) is 10.6 Å². The monoisotopic (exact) mass is 445 g/mol. The summed E-state index contributed by atoms with van der Waals surface area (Å²) in [6.07, 6.45) is 4.12. The van der Waals surface area contributed by atoms with E-state index < -0.39 is 5.82 Å². The predicted molar refractivity (Wildman–Crippen MR) is 116 cm³/mol. The summed E-state index contributed by atoms with van der Waals surface area (Å²) < 4.78 is 14.2. The largest absolute Gasteiger partial charge is 0.339 e. The molecule has 3 aromatic rings. The van der Waals surface area contributed by atoms with Crippen molar-refractivity contribution in [3.05, 3.63) is 63.8 Å². The van der Waals surface area contributed by atoms with Gasteiger partial charge in [-0.25, -0.2) is 19.3 Å². The van der Waals surface area contributed by atoms with Crippen LogP contribution < -0.4 is 5.32 Å². The third kappa shape index (κ3) is 4.76. The van der Waals surface area contributed by atoms with Gasteiger partial charge in [0.1, 0.15) is 11.6 Å². The summed E-state index contributed by atoms with van der Waals surface area (Å²) in [5, 5.41) is 5.87. The van der Waals surface area contributed by atoms with E-state index in [-0.39, 0.29) is 16.5 Å². The molecule has 1 N–H and O–H groups in total. The summed E-state index contributed by atoms with van der Waals surface area (Å²) >= 11 is 7.33. The molecule has 0 unspecified atom stereocenters. The lowest BCUT2D eigenvalue weighted by molar-refractivity contribution is 0.0685. The van der Waals surface area contributed by atoms with Gasteiger partial charge in [-0.15, -0.1) is 11.3 Å². The average molecular weight is 446 g/mol. The molecule has 1 aromatic carbocycles. The summed E-state index contributed by atoms with van der Waals surface area (Å²) in [5.41, 5.74) is 0.920. The van der Waals surface area contributed by atoms with Crippen molar-refractivity contribution in [3.8, 4) is 0 Å². The molecule has 0 radical (unpaired) electrons. The summed E-state index contributed by atoms with van der Waals surface area (Å²) in [7, 11) is 0. The number of nitrogens with zero attached hydrogens (tertiary/aromatic N) is 4. The molecule has 1 saturated heterocycles. The maximum absolute atomic E-state index is 14.2. The zero-order chi connectivity index (χ0) is 21.1. The van der Waals surface area contributed by atoms with Gasteiger partial charge in [-0.2, -0.15) is 0 Å². The van der Waals surface area contributed by atoms with Gasteiger partial charge in [-0.3, -0.25) is 4.79 Å². The fraction of sp³-hybridized carbons (Fsp3) is 0.333. The van der Waals surface area contributed by atoms with Crippen LogP contribution in [0.1, 0.15) is 34.7 Å². The summed E-state index contributed by atoms with van der Waals surface area (Å²) in [5.74, 6) is 0.916. The Kier molecular flexibility index (Phi) is 6.24. The van der Waals surface area contributed by atoms with E-state index in [1.54, 1.807) is 17.2 Å². The lowest BCUT2D eigenvalue weighted by atomic mass is 9.92. The number of thiazole rings is 1. The van der Waals surface area contributed by atoms with Crippen LogP contribution in [0.25, 0.3) is 0 Å². The van der Waals surface area contributed by atoms with Crippen LogP contribution in [0, 0.1) is 18.7 Å². The van der Waals surface area contributed by atoms with Gasteiger partial charge < -0.3 is 10.2 Å². The summed E-state index contributed by atoms with van der Waals surface area (Å²) in [6, 6.07) is 6.41. The van der Waals surface area contributed by atoms with Crippen LogP contribution in [0.2, 0.25) is 5.02 Å². The van der Waals surface area contributed by atoms with Crippen LogP contribution in [0.5, 0.6) is 0 Å². The molecule has 30 heavy (non-hydrogen) atoms. The van der Waals surface area contributed by atoms with Crippen molar-refractivity contribution in [1.29, 1.82) is 0 Å². The van der Waals surface area contributed by atoms with Crippen molar-refractivity contribution in [1.82, 2.24) is 19.9 Å². The highest BCUT2D eigenvalue weighted by Gasteiger charge is 2.26. The molecule has 0 spiro atoms. The molecule has 0 atom stereocenters. The number of nitrogens with one attached hydrogen (secondary N) is 1. The van der Waals surface area contributed by atoms with Crippen LogP contribution in [0.4, 0.5) is 15.3 Å². The van der Waals surface area contributed by atoms with Gasteiger partial charge >= 0.3 is 0 Å².